The van der Waals surface area contributed by atoms with Gasteiger partial charge in [0.2, 0.25) is 0 Å². The number of aliphatic hydroxyl groups is 1. The van der Waals surface area contributed by atoms with Crippen LogP contribution in [0.15, 0.2) is 36.4 Å². The van der Waals surface area contributed by atoms with Crippen LogP contribution >= 0.6 is 0 Å². The Morgan fingerprint density at radius 2 is 1.90 bits per heavy atom. The number of ether oxygens (including phenoxy) is 2. The smallest absolute Gasteiger partial charge is 0.171 e. The molecule has 5 heteroatoms. The molecule has 0 radical (unpaired) electrons. The van der Waals surface area contributed by atoms with Gasteiger partial charge in [-0.3, -0.25) is 0 Å². The monoisotopic (exact) mass is 280 g/mol. The van der Waals surface area contributed by atoms with Crippen LogP contribution in [-0.2, 0) is 13.2 Å². The van der Waals surface area contributed by atoms with Crippen LogP contribution < -0.4 is 9.47 Å². The van der Waals surface area contributed by atoms with Gasteiger partial charge in [0.1, 0.15) is 6.61 Å². The molecule has 0 saturated heterocycles. The lowest BCUT2D eigenvalue weighted by Gasteiger charge is -2.10. The summed E-state index contributed by atoms with van der Waals surface area (Å²) in [6.45, 7) is -0.361. The second-order valence-electron chi connectivity index (χ2n) is 4.14. The third-order valence-corrected chi connectivity index (χ3v) is 2.83. The molecular weight excluding hydrogens is 266 g/mol. The standard InChI is InChI=1S/C15H14F2O3/c1-19-14-4-2-3-11(15(14)17)9-20-13-6-5-10(8-18)7-12(13)16/h2-7,18H,8-9H2,1H3. The molecule has 3 nitrogen and oxygen atoms in total. The Kier molecular flexibility index (Phi) is 4.53. The Labute approximate surface area is 115 Å². The highest BCUT2D eigenvalue weighted by molar-refractivity contribution is 5.32. The van der Waals surface area contributed by atoms with Crippen molar-refractivity contribution in [2.75, 3.05) is 7.11 Å². The SMILES string of the molecule is COc1cccc(COc2ccc(CO)cc2F)c1F. The van der Waals surface area contributed by atoms with E-state index in [0.717, 1.165) is 0 Å². The Morgan fingerprint density at radius 3 is 2.55 bits per heavy atom. The van der Waals surface area contributed by atoms with Crippen molar-refractivity contribution in [2.24, 2.45) is 0 Å². The average Bonchev–Trinajstić information content (AvgIpc) is 2.47. The maximum Gasteiger partial charge on any atom is 0.171 e. The molecule has 0 aliphatic carbocycles. The summed E-state index contributed by atoms with van der Waals surface area (Å²) in [5.41, 5.74) is 0.720. The molecule has 20 heavy (non-hydrogen) atoms. The quantitative estimate of drug-likeness (QED) is 0.915. The largest absolute Gasteiger partial charge is 0.494 e. The van der Waals surface area contributed by atoms with Gasteiger partial charge in [0.15, 0.2) is 23.1 Å². The van der Waals surface area contributed by atoms with Gasteiger partial charge in [-0.05, 0) is 23.8 Å². The van der Waals surface area contributed by atoms with Gasteiger partial charge in [0, 0.05) is 5.56 Å². The Morgan fingerprint density at radius 1 is 1.10 bits per heavy atom. The van der Waals surface area contributed by atoms with Crippen molar-refractivity contribution in [1.29, 1.82) is 0 Å². The summed E-state index contributed by atoms with van der Waals surface area (Å²) in [6.07, 6.45) is 0. The zero-order chi connectivity index (χ0) is 14.5. The van der Waals surface area contributed by atoms with E-state index in [-0.39, 0.29) is 30.3 Å². The van der Waals surface area contributed by atoms with E-state index in [2.05, 4.69) is 0 Å². The number of rotatable bonds is 5. The van der Waals surface area contributed by atoms with Crippen LogP contribution in [0.3, 0.4) is 0 Å². The van der Waals surface area contributed by atoms with Gasteiger partial charge in [0.25, 0.3) is 0 Å². The van der Waals surface area contributed by atoms with E-state index in [0.29, 0.717) is 5.56 Å². The van der Waals surface area contributed by atoms with Crippen molar-refractivity contribution >= 4 is 0 Å². The van der Waals surface area contributed by atoms with Gasteiger partial charge >= 0.3 is 0 Å². The second-order valence-corrected chi connectivity index (χ2v) is 4.14. The minimum absolute atomic E-state index is 0.00409. The van der Waals surface area contributed by atoms with Crippen molar-refractivity contribution < 1.29 is 23.4 Å². The fourth-order valence-corrected chi connectivity index (χ4v) is 1.74. The lowest BCUT2D eigenvalue weighted by Crippen LogP contribution is -2.02. The van der Waals surface area contributed by atoms with Gasteiger partial charge in [-0.2, -0.15) is 0 Å². The minimum atomic E-state index is -0.597. The van der Waals surface area contributed by atoms with E-state index in [4.69, 9.17) is 14.6 Å². The molecule has 0 fully saturated rings. The predicted octanol–water partition coefficient (Wildman–Crippen LogP) is 3.04. The van der Waals surface area contributed by atoms with Gasteiger partial charge in [-0.1, -0.05) is 18.2 Å². The molecule has 0 aromatic heterocycles. The minimum Gasteiger partial charge on any atom is -0.494 e. The first kappa shape index (κ1) is 14.3. The molecule has 2 rings (SSSR count). The topological polar surface area (TPSA) is 38.7 Å². The molecule has 0 spiro atoms. The summed E-state index contributed by atoms with van der Waals surface area (Å²) in [4.78, 5) is 0. The van der Waals surface area contributed by atoms with Crippen LogP contribution in [0.2, 0.25) is 0 Å². The van der Waals surface area contributed by atoms with Crippen molar-refractivity contribution in [3.8, 4) is 11.5 Å². The van der Waals surface area contributed by atoms with Crippen LogP contribution in [0.25, 0.3) is 0 Å². The van der Waals surface area contributed by atoms with Crippen molar-refractivity contribution in [1.82, 2.24) is 0 Å². The normalized spacial score (nSPS) is 10.4. The van der Waals surface area contributed by atoms with Crippen molar-refractivity contribution in [2.45, 2.75) is 13.2 Å². The summed E-state index contributed by atoms with van der Waals surface area (Å²) in [7, 11) is 1.37. The highest BCUT2D eigenvalue weighted by Crippen LogP contribution is 2.23. The Hall–Kier alpha value is -2.14. The molecule has 0 aliphatic heterocycles. The molecule has 0 aliphatic rings. The molecule has 0 atom stereocenters. The van der Waals surface area contributed by atoms with Gasteiger partial charge in [-0.25, -0.2) is 8.78 Å². The molecule has 0 heterocycles. The van der Waals surface area contributed by atoms with E-state index in [1.807, 2.05) is 0 Å². The highest BCUT2D eigenvalue weighted by atomic mass is 19.1. The third-order valence-electron chi connectivity index (χ3n) is 2.83. The zero-order valence-electron chi connectivity index (χ0n) is 10.9. The maximum absolute atomic E-state index is 13.9. The molecule has 2 aromatic carbocycles. The van der Waals surface area contributed by atoms with Crippen LogP contribution in [-0.4, -0.2) is 12.2 Å². The Bertz CT molecular complexity index is 600. The number of aliphatic hydroxyl groups excluding tert-OH is 1. The predicted molar refractivity (Wildman–Crippen MR) is 69.6 cm³/mol. The van der Waals surface area contributed by atoms with Gasteiger partial charge in [0.05, 0.1) is 13.7 Å². The molecule has 1 N–H and O–H groups in total. The van der Waals surface area contributed by atoms with Crippen molar-refractivity contribution in [3.63, 3.8) is 0 Å². The summed E-state index contributed by atoms with van der Waals surface area (Å²) in [5, 5.41) is 8.88. The maximum atomic E-state index is 13.9. The van der Waals surface area contributed by atoms with Gasteiger partial charge in [-0.15, -0.1) is 0 Å². The van der Waals surface area contributed by atoms with E-state index in [1.54, 1.807) is 12.1 Å². The van der Waals surface area contributed by atoms with Crippen molar-refractivity contribution in [3.05, 3.63) is 59.2 Å². The molecule has 0 saturated carbocycles. The van der Waals surface area contributed by atoms with Crippen LogP contribution in [0.5, 0.6) is 11.5 Å². The third kappa shape index (κ3) is 3.05. The number of halogens is 2. The summed E-state index contributed by atoms with van der Waals surface area (Å²) >= 11 is 0. The number of hydrogen-bond acceptors (Lipinski definition) is 3. The summed E-state index contributed by atoms with van der Waals surface area (Å²) in [6, 6.07) is 8.79. The second kappa shape index (κ2) is 6.34. The molecule has 0 unspecified atom stereocenters. The van der Waals surface area contributed by atoms with Crippen LogP contribution in [0.1, 0.15) is 11.1 Å². The van der Waals surface area contributed by atoms with Crippen LogP contribution in [0, 0.1) is 11.6 Å². The molecule has 0 bridgehead atoms. The first-order valence-corrected chi connectivity index (χ1v) is 5.99. The Balaban J connectivity index is 2.13. The van der Waals surface area contributed by atoms with E-state index in [1.165, 1.54) is 31.4 Å². The van der Waals surface area contributed by atoms with Gasteiger partial charge < -0.3 is 14.6 Å². The number of benzene rings is 2. The average molecular weight is 280 g/mol. The van der Waals surface area contributed by atoms with E-state index in [9.17, 15) is 8.78 Å². The highest BCUT2D eigenvalue weighted by Gasteiger charge is 2.10. The first-order chi connectivity index (χ1) is 9.65. The molecule has 106 valence electrons. The first-order valence-electron chi connectivity index (χ1n) is 5.99. The fraction of sp³-hybridized carbons (Fsp3) is 0.200. The van der Waals surface area contributed by atoms with E-state index < -0.39 is 11.6 Å². The molecule has 2 aromatic rings. The number of hydrogen-bond donors (Lipinski definition) is 1. The molecular formula is C15H14F2O3. The number of methoxy groups -OCH3 is 1. The zero-order valence-corrected chi connectivity index (χ0v) is 10.9. The van der Waals surface area contributed by atoms with Crippen LogP contribution in [0.4, 0.5) is 8.78 Å². The molecule has 0 amide bonds. The fourth-order valence-electron chi connectivity index (χ4n) is 1.74. The lowest BCUT2D eigenvalue weighted by molar-refractivity contribution is 0.273. The summed E-state index contributed by atoms with van der Waals surface area (Å²) in [5.74, 6) is -1.01. The lowest BCUT2D eigenvalue weighted by atomic mass is 10.2. The summed E-state index contributed by atoms with van der Waals surface area (Å²) < 4.78 is 37.6. The van der Waals surface area contributed by atoms with E-state index >= 15 is 0 Å².